The molecule has 2 atom stereocenters. The Labute approximate surface area is 204 Å². The van der Waals surface area contributed by atoms with Crippen molar-refractivity contribution in [2.45, 2.75) is 89.4 Å². The molecule has 0 saturated carbocycles. The summed E-state index contributed by atoms with van der Waals surface area (Å²) in [4.78, 5) is 0.851. The molecule has 1 heterocycles. The van der Waals surface area contributed by atoms with Crippen LogP contribution < -0.4 is 9.16 Å². The van der Waals surface area contributed by atoms with E-state index in [9.17, 15) is 4.21 Å². The molecule has 3 rings (SSSR count). The van der Waals surface area contributed by atoms with E-state index in [0.717, 1.165) is 40.4 Å². The summed E-state index contributed by atoms with van der Waals surface area (Å²) in [5.74, 6) is 2.38. The SMILES string of the molecule is C=CC[C@]1(CS(=O)c2ccc(C)cc2)CCc2cc(O[Si](C)(C)C(C)(C)C)c(C)c(C)c2O1. The van der Waals surface area contributed by atoms with Gasteiger partial charge in [0.05, 0.1) is 16.6 Å². The van der Waals surface area contributed by atoms with Crippen molar-refractivity contribution in [3.63, 3.8) is 0 Å². The molecule has 5 heteroatoms. The smallest absolute Gasteiger partial charge is 0.250 e. The van der Waals surface area contributed by atoms with Crippen LogP contribution in [0, 0.1) is 20.8 Å². The maximum absolute atomic E-state index is 13.3. The van der Waals surface area contributed by atoms with Gasteiger partial charge in [-0.25, -0.2) is 0 Å². The summed E-state index contributed by atoms with van der Waals surface area (Å²) in [6.07, 6.45) is 4.26. The maximum Gasteiger partial charge on any atom is 0.250 e. The third-order valence-electron chi connectivity index (χ3n) is 7.40. The van der Waals surface area contributed by atoms with E-state index >= 15 is 0 Å². The summed E-state index contributed by atoms with van der Waals surface area (Å²) in [5.41, 5.74) is 4.10. The van der Waals surface area contributed by atoms with E-state index in [1.807, 2.05) is 37.3 Å². The predicted molar refractivity (Wildman–Crippen MR) is 143 cm³/mol. The van der Waals surface area contributed by atoms with Gasteiger partial charge in [0.1, 0.15) is 17.1 Å². The van der Waals surface area contributed by atoms with Crippen LogP contribution in [0.15, 0.2) is 47.9 Å². The van der Waals surface area contributed by atoms with Crippen molar-refractivity contribution in [3.05, 3.63) is 65.2 Å². The fourth-order valence-corrected chi connectivity index (χ4v) is 6.47. The first-order valence-electron chi connectivity index (χ1n) is 11.9. The fraction of sp³-hybridized carbons (Fsp3) is 0.500. The van der Waals surface area contributed by atoms with Gasteiger partial charge in [0.2, 0.25) is 8.32 Å². The van der Waals surface area contributed by atoms with Crippen molar-refractivity contribution in [3.8, 4) is 11.5 Å². The zero-order valence-corrected chi connectivity index (χ0v) is 23.4. The van der Waals surface area contributed by atoms with Crippen molar-refractivity contribution in [2.75, 3.05) is 5.75 Å². The molecule has 0 fully saturated rings. The summed E-state index contributed by atoms with van der Waals surface area (Å²) in [7, 11) is -3.08. The van der Waals surface area contributed by atoms with Gasteiger partial charge in [0, 0.05) is 11.3 Å². The average Bonchev–Trinajstić information content (AvgIpc) is 2.72. The lowest BCUT2D eigenvalue weighted by Gasteiger charge is -2.40. The molecular formula is C28H40O3SSi. The second-order valence-corrected chi connectivity index (χ2v) is 17.2. The van der Waals surface area contributed by atoms with Crippen LogP contribution >= 0.6 is 0 Å². The van der Waals surface area contributed by atoms with Gasteiger partial charge in [-0.2, -0.15) is 0 Å². The average molecular weight is 485 g/mol. The van der Waals surface area contributed by atoms with Gasteiger partial charge in [0.15, 0.2) is 0 Å². The number of fused-ring (bicyclic) bond motifs is 1. The second-order valence-electron chi connectivity index (χ2n) is 11.1. The largest absolute Gasteiger partial charge is 0.543 e. The van der Waals surface area contributed by atoms with Crippen molar-refractivity contribution in [1.29, 1.82) is 0 Å². The van der Waals surface area contributed by atoms with E-state index in [2.05, 4.69) is 60.4 Å². The van der Waals surface area contributed by atoms with Crippen LogP contribution in [0.1, 0.15) is 55.9 Å². The van der Waals surface area contributed by atoms with Gasteiger partial charge >= 0.3 is 0 Å². The molecule has 0 aliphatic carbocycles. The molecule has 1 unspecified atom stereocenters. The topological polar surface area (TPSA) is 35.5 Å². The van der Waals surface area contributed by atoms with Crippen LogP contribution in [0.3, 0.4) is 0 Å². The molecule has 2 aromatic carbocycles. The van der Waals surface area contributed by atoms with Gasteiger partial charge in [-0.15, -0.1) is 6.58 Å². The zero-order chi connectivity index (χ0) is 24.6. The highest BCUT2D eigenvalue weighted by atomic mass is 32.2. The quantitative estimate of drug-likeness (QED) is 0.302. The van der Waals surface area contributed by atoms with Gasteiger partial charge in [-0.05, 0) is 86.6 Å². The second kappa shape index (κ2) is 9.42. The molecule has 3 nitrogen and oxygen atoms in total. The Morgan fingerprint density at radius 3 is 2.36 bits per heavy atom. The Morgan fingerprint density at radius 1 is 1.15 bits per heavy atom. The molecule has 0 amide bonds. The molecule has 0 bridgehead atoms. The van der Waals surface area contributed by atoms with E-state index in [0.29, 0.717) is 12.2 Å². The van der Waals surface area contributed by atoms with Gasteiger partial charge < -0.3 is 9.16 Å². The molecular weight excluding hydrogens is 444 g/mol. The number of hydrogen-bond acceptors (Lipinski definition) is 3. The minimum Gasteiger partial charge on any atom is -0.543 e. The van der Waals surface area contributed by atoms with Crippen LogP contribution in [0.5, 0.6) is 11.5 Å². The molecule has 0 saturated heterocycles. The van der Waals surface area contributed by atoms with Crippen molar-refractivity contribution >= 4 is 19.1 Å². The van der Waals surface area contributed by atoms with Crippen molar-refractivity contribution in [2.24, 2.45) is 0 Å². The molecule has 0 aromatic heterocycles. The van der Waals surface area contributed by atoms with Gasteiger partial charge in [0.25, 0.3) is 0 Å². The zero-order valence-electron chi connectivity index (χ0n) is 21.6. The van der Waals surface area contributed by atoms with E-state index in [1.54, 1.807) is 0 Å². The Hall–Kier alpha value is -1.85. The Balaban J connectivity index is 1.92. The normalized spacial score (nSPS) is 19.4. The summed E-state index contributed by atoms with van der Waals surface area (Å²) in [5, 5.41) is 0.138. The molecule has 33 heavy (non-hydrogen) atoms. The summed E-state index contributed by atoms with van der Waals surface area (Å²) in [6, 6.07) is 10.1. The Morgan fingerprint density at radius 2 is 1.79 bits per heavy atom. The summed E-state index contributed by atoms with van der Waals surface area (Å²) >= 11 is 0. The van der Waals surface area contributed by atoms with Crippen LogP contribution in [-0.4, -0.2) is 23.9 Å². The lowest BCUT2D eigenvalue weighted by atomic mass is 9.88. The van der Waals surface area contributed by atoms with E-state index in [4.69, 9.17) is 9.16 Å². The van der Waals surface area contributed by atoms with Crippen LogP contribution in [0.25, 0.3) is 0 Å². The van der Waals surface area contributed by atoms with Gasteiger partial charge in [-0.1, -0.05) is 44.5 Å². The molecule has 2 aromatic rings. The monoisotopic (exact) mass is 484 g/mol. The molecule has 1 aliphatic heterocycles. The van der Waals surface area contributed by atoms with Gasteiger partial charge in [-0.3, -0.25) is 4.21 Å². The van der Waals surface area contributed by atoms with Crippen molar-refractivity contribution in [1.82, 2.24) is 0 Å². The first-order valence-corrected chi connectivity index (χ1v) is 16.1. The van der Waals surface area contributed by atoms with Crippen LogP contribution in [0.2, 0.25) is 18.1 Å². The first-order chi connectivity index (χ1) is 15.3. The number of rotatable bonds is 7. The fourth-order valence-electron chi connectivity index (χ4n) is 4.00. The number of ether oxygens (including phenoxy) is 1. The number of benzene rings is 2. The number of aryl methyl sites for hydroxylation is 2. The predicted octanol–water partition coefficient (Wildman–Crippen LogP) is 7.44. The Kier molecular flexibility index (Phi) is 7.35. The third kappa shape index (κ3) is 5.46. The van der Waals surface area contributed by atoms with Crippen LogP contribution in [-0.2, 0) is 17.2 Å². The summed E-state index contributed by atoms with van der Waals surface area (Å²) in [6.45, 7) is 21.6. The highest BCUT2D eigenvalue weighted by molar-refractivity contribution is 7.85. The third-order valence-corrected chi connectivity index (χ3v) is 13.3. The molecule has 1 aliphatic rings. The highest BCUT2D eigenvalue weighted by Crippen LogP contribution is 2.45. The highest BCUT2D eigenvalue weighted by Gasteiger charge is 2.41. The number of hydrogen-bond donors (Lipinski definition) is 0. The molecule has 0 radical (unpaired) electrons. The minimum atomic E-state index is -1.94. The molecule has 0 N–H and O–H groups in total. The molecule has 0 spiro atoms. The van der Waals surface area contributed by atoms with Crippen LogP contribution in [0.4, 0.5) is 0 Å². The van der Waals surface area contributed by atoms with E-state index in [1.165, 1.54) is 11.1 Å². The maximum atomic E-state index is 13.3. The lowest BCUT2D eigenvalue weighted by molar-refractivity contribution is 0.0710. The van der Waals surface area contributed by atoms with Crippen molar-refractivity contribution < 1.29 is 13.4 Å². The minimum absolute atomic E-state index is 0.138. The Bertz CT molecular complexity index is 1050. The first kappa shape index (κ1) is 25.8. The standard InChI is InChI=1S/C28H40O3SSi/c1-10-16-28(19-32(29)24-13-11-20(2)12-14-24)17-15-23-18-25(21(3)22(4)26(23)30-28)31-33(8,9)27(5,6)7/h10-14,18H,1,15-17,19H2,2-9H3/t28-,32?/m1/s1. The van der Waals surface area contributed by atoms with E-state index in [-0.39, 0.29) is 5.04 Å². The lowest BCUT2D eigenvalue weighted by Crippen LogP contribution is -2.45. The summed E-state index contributed by atoms with van der Waals surface area (Å²) < 4.78 is 26.7. The molecule has 180 valence electrons. The van der Waals surface area contributed by atoms with E-state index < -0.39 is 24.7 Å².